The molecule has 2 aromatic carbocycles. The summed E-state index contributed by atoms with van der Waals surface area (Å²) in [4.78, 5) is 12.0. The number of quaternary nitrogens is 1. The van der Waals surface area contributed by atoms with Crippen molar-refractivity contribution < 1.29 is 10.1 Å². The number of nitrogens with two attached hydrogens (primary N) is 1. The van der Waals surface area contributed by atoms with Gasteiger partial charge in [0.25, 0.3) is 5.91 Å². The molecule has 2 rings (SSSR count). The summed E-state index contributed by atoms with van der Waals surface area (Å²) in [5.41, 5.74) is 1.97. The van der Waals surface area contributed by atoms with Gasteiger partial charge in [-0.1, -0.05) is 53.0 Å². The van der Waals surface area contributed by atoms with Crippen LogP contribution in [0.1, 0.15) is 24.1 Å². The molecule has 2 aromatic rings. The summed E-state index contributed by atoms with van der Waals surface area (Å²) in [6.45, 7) is 2.78. The molecular weight excluding hydrogens is 355 g/mol. The second-order valence-electron chi connectivity index (χ2n) is 5.29. The Morgan fingerprint density at radius 1 is 1.09 bits per heavy atom. The number of carbonyl (C=O) groups excluding carboxylic acids is 1. The first-order chi connectivity index (χ1) is 11.0. The van der Waals surface area contributed by atoms with Gasteiger partial charge in [-0.25, -0.2) is 0 Å². The molecule has 23 heavy (non-hydrogen) atoms. The fourth-order valence-electron chi connectivity index (χ4n) is 2.12. The highest BCUT2D eigenvalue weighted by atomic mass is 35.5. The lowest BCUT2D eigenvalue weighted by Gasteiger charge is -2.12. The molecule has 6 heteroatoms. The standard InChI is InChI=1S/C17H17Cl3N2O/c1-11(12-2-5-14(18)6-3-12)21-10-17(23)22-9-13-4-7-15(19)8-16(13)20/h2-8,11,21H,9-10H2,1H3,(H,22,23)/p+1/t11-/m1/s1. The number of hydrogen-bond acceptors (Lipinski definition) is 1. The minimum Gasteiger partial charge on any atom is -0.347 e. The van der Waals surface area contributed by atoms with Crippen molar-refractivity contribution in [3.8, 4) is 0 Å². The van der Waals surface area contributed by atoms with E-state index in [1.54, 1.807) is 12.1 Å². The maximum absolute atomic E-state index is 12.0. The largest absolute Gasteiger partial charge is 0.347 e. The number of nitrogens with one attached hydrogen (secondary N) is 1. The highest BCUT2D eigenvalue weighted by Gasteiger charge is 2.11. The van der Waals surface area contributed by atoms with Crippen LogP contribution in [-0.4, -0.2) is 12.5 Å². The van der Waals surface area contributed by atoms with Gasteiger partial charge in [0.1, 0.15) is 6.04 Å². The predicted octanol–water partition coefficient (Wildman–Crippen LogP) is 3.59. The monoisotopic (exact) mass is 371 g/mol. The summed E-state index contributed by atoms with van der Waals surface area (Å²) >= 11 is 17.8. The second kappa shape index (κ2) is 8.55. The quantitative estimate of drug-likeness (QED) is 0.800. The third-order valence-corrected chi connectivity index (χ3v) is 4.38. The van der Waals surface area contributed by atoms with E-state index in [1.165, 1.54) is 0 Å². The summed E-state index contributed by atoms with van der Waals surface area (Å²) in [6, 6.07) is 13.0. The highest BCUT2D eigenvalue weighted by Crippen LogP contribution is 2.20. The Bertz CT molecular complexity index is 674. The number of amides is 1. The Hall–Kier alpha value is -1.26. The molecule has 0 aliphatic heterocycles. The first-order valence-electron chi connectivity index (χ1n) is 7.25. The zero-order valence-electron chi connectivity index (χ0n) is 12.7. The average molecular weight is 373 g/mol. The van der Waals surface area contributed by atoms with Gasteiger partial charge in [0.15, 0.2) is 6.54 Å². The Labute approximate surface area is 150 Å². The van der Waals surface area contributed by atoms with Crippen molar-refractivity contribution in [1.29, 1.82) is 0 Å². The van der Waals surface area contributed by atoms with Crippen LogP contribution in [0.15, 0.2) is 42.5 Å². The van der Waals surface area contributed by atoms with Crippen molar-refractivity contribution >= 4 is 40.7 Å². The Kier molecular flexibility index (Phi) is 6.72. The van der Waals surface area contributed by atoms with Crippen molar-refractivity contribution in [2.75, 3.05) is 6.54 Å². The molecular formula is C17H18Cl3N2O+. The molecule has 0 aromatic heterocycles. The van der Waals surface area contributed by atoms with Gasteiger partial charge in [0.05, 0.1) is 0 Å². The lowest BCUT2D eigenvalue weighted by molar-refractivity contribution is -0.682. The minimum atomic E-state index is -0.0446. The lowest BCUT2D eigenvalue weighted by Crippen LogP contribution is -2.87. The summed E-state index contributed by atoms with van der Waals surface area (Å²) < 4.78 is 0. The van der Waals surface area contributed by atoms with Crippen molar-refractivity contribution in [3.63, 3.8) is 0 Å². The Morgan fingerprint density at radius 2 is 1.74 bits per heavy atom. The van der Waals surface area contributed by atoms with Crippen LogP contribution in [0.25, 0.3) is 0 Å². The smallest absolute Gasteiger partial charge is 0.275 e. The van der Waals surface area contributed by atoms with Gasteiger partial charge in [-0.05, 0) is 36.8 Å². The number of halogens is 3. The summed E-state index contributed by atoms with van der Waals surface area (Å²) in [6.07, 6.45) is 0. The molecule has 3 nitrogen and oxygen atoms in total. The molecule has 1 atom stereocenters. The van der Waals surface area contributed by atoms with Crippen molar-refractivity contribution in [2.45, 2.75) is 19.5 Å². The van der Waals surface area contributed by atoms with E-state index in [4.69, 9.17) is 34.8 Å². The van der Waals surface area contributed by atoms with Crippen LogP contribution in [0, 0.1) is 0 Å². The molecule has 0 aliphatic carbocycles. The molecule has 0 fully saturated rings. The fraction of sp³-hybridized carbons (Fsp3) is 0.235. The van der Waals surface area contributed by atoms with E-state index in [9.17, 15) is 4.79 Å². The molecule has 0 bridgehead atoms. The molecule has 0 aliphatic rings. The summed E-state index contributed by atoms with van der Waals surface area (Å²) in [5.74, 6) is -0.0446. The normalized spacial score (nSPS) is 12.0. The highest BCUT2D eigenvalue weighted by molar-refractivity contribution is 6.35. The van der Waals surface area contributed by atoms with E-state index in [0.717, 1.165) is 11.1 Å². The second-order valence-corrected chi connectivity index (χ2v) is 6.57. The van der Waals surface area contributed by atoms with Crippen molar-refractivity contribution in [2.24, 2.45) is 0 Å². The molecule has 0 saturated heterocycles. The first-order valence-corrected chi connectivity index (χ1v) is 8.38. The maximum atomic E-state index is 12.0. The summed E-state index contributed by atoms with van der Waals surface area (Å²) in [5, 5.41) is 6.67. The van der Waals surface area contributed by atoms with Crippen molar-refractivity contribution in [3.05, 3.63) is 68.7 Å². The number of rotatable bonds is 6. The van der Waals surface area contributed by atoms with E-state index >= 15 is 0 Å². The zero-order valence-corrected chi connectivity index (χ0v) is 14.9. The van der Waals surface area contributed by atoms with E-state index in [2.05, 4.69) is 5.32 Å². The third-order valence-electron chi connectivity index (χ3n) is 3.54. The van der Waals surface area contributed by atoms with Crippen molar-refractivity contribution in [1.82, 2.24) is 5.32 Å². The first kappa shape index (κ1) is 18.1. The van der Waals surface area contributed by atoms with E-state index in [-0.39, 0.29) is 11.9 Å². The molecule has 1 amide bonds. The van der Waals surface area contributed by atoms with Gasteiger partial charge in [0.2, 0.25) is 0 Å². The molecule has 0 heterocycles. The number of hydrogen-bond donors (Lipinski definition) is 2. The maximum Gasteiger partial charge on any atom is 0.275 e. The SMILES string of the molecule is C[C@@H]([NH2+]CC(=O)NCc1ccc(Cl)cc1Cl)c1ccc(Cl)cc1. The lowest BCUT2D eigenvalue weighted by atomic mass is 10.1. The van der Waals surface area contributed by atoms with E-state index in [0.29, 0.717) is 28.2 Å². The topological polar surface area (TPSA) is 45.7 Å². The zero-order chi connectivity index (χ0) is 16.8. The van der Waals surface area contributed by atoms with Gasteiger partial charge >= 0.3 is 0 Å². The van der Waals surface area contributed by atoms with Crippen LogP contribution < -0.4 is 10.6 Å². The van der Waals surface area contributed by atoms with Crippen LogP contribution in [0.3, 0.4) is 0 Å². The number of benzene rings is 2. The van der Waals surface area contributed by atoms with E-state index in [1.807, 2.05) is 42.6 Å². The van der Waals surface area contributed by atoms with Gasteiger partial charge in [-0.3, -0.25) is 4.79 Å². The van der Waals surface area contributed by atoms with Gasteiger partial charge in [0, 0.05) is 27.2 Å². The van der Waals surface area contributed by atoms with Crippen LogP contribution >= 0.6 is 34.8 Å². The number of carbonyl (C=O) groups is 1. The van der Waals surface area contributed by atoms with Gasteiger partial charge < -0.3 is 10.6 Å². The van der Waals surface area contributed by atoms with Crippen LogP contribution in [-0.2, 0) is 11.3 Å². The Morgan fingerprint density at radius 3 is 2.39 bits per heavy atom. The molecule has 0 unspecified atom stereocenters. The van der Waals surface area contributed by atoms with Gasteiger partial charge in [-0.2, -0.15) is 0 Å². The van der Waals surface area contributed by atoms with E-state index < -0.39 is 0 Å². The molecule has 3 N–H and O–H groups in total. The third kappa shape index (κ3) is 5.70. The summed E-state index contributed by atoms with van der Waals surface area (Å²) in [7, 11) is 0. The van der Waals surface area contributed by atoms with Crippen LogP contribution in [0.2, 0.25) is 15.1 Å². The van der Waals surface area contributed by atoms with Crippen LogP contribution in [0.5, 0.6) is 0 Å². The van der Waals surface area contributed by atoms with Crippen LogP contribution in [0.4, 0.5) is 0 Å². The molecule has 0 radical (unpaired) electrons. The molecule has 122 valence electrons. The predicted molar refractivity (Wildman–Crippen MR) is 95.0 cm³/mol. The average Bonchev–Trinajstić information content (AvgIpc) is 2.52. The Balaban J connectivity index is 1.79. The molecule has 0 spiro atoms. The minimum absolute atomic E-state index is 0.0446. The molecule has 0 saturated carbocycles. The fourth-order valence-corrected chi connectivity index (χ4v) is 2.72. The van der Waals surface area contributed by atoms with Gasteiger partial charge in [-0.15, -0.1) is 0 Å².